The van der Waals surface area contributed by atoms with Gasteiger partial charge in [-0.25, -0.2) is 0 Å². The first-order valence-corrected chi connectivity index (χ1v) is 6.26. The average Bonchev–Trinajstić information content (AvgIpc) is 3.14. The molecule has 0 bridgehead atoms. The van der Waals surface area contributed by atoms with Crippen LogP contribution in [0.25, 0.3) is 0 Å². The summed E-state index contributed by atoms with van der Waals surface area (Å²) in [5.74, 6) is 0.893. The highest BCUT2D eigenvalue weighted by atomic mass is 79.9. The minimum absolute atomic E-state index is 0.133. The van der Waals surface area contributed by atoms with Gasteiger partial charge < -0.3 is 14.2 Å². The van der Waals surface area contributed by atoms with Crippen LogP contribution >= 0.6 is 15.9 Å². The van der Waals surface area contributed by atoms with Crippen LogP contribution in [0.15, 0.2) is 28.7 Å². The molecule has 4 heteroatoms. The van der Waals surface area contributed by atoms with Crippen molar-refractivity contribution in [1.82, 2.24) is 0 Å². The van der Waals surface area contributed by atoms with Crippen LogP contribution in [0.1, 0.15) is 6.42 Å². The van der Waals surface area contributed by atoms with Crippen molar-refractivity contribution in [2.45, 2.75) is 24.7 Å². The minimum atomic E-state index is 0.133. The van der Waals surface area contributed by atoms with Gasteiger partial charge in [0.25, 0.3) is 0 Å². The fourth-order valence-corrected chi connectivity index (χ4v) is 1.96. The van der Waals surface area contributed by atoms with Gasteiger partial charge in [-0.3, -0.25) is 0 Å². The number of ether oxygens (including phenoxy) is 3. The van der Waals surface area contributed by atoms with E-state index in [2.05, 4.69) is 15.9 Å². The zero-order chi connectivity index (χ0) is 11.0. The smallest absolute Gasteiger partial charge is 0.130 e. The molecule has 3 unspecified atom stereocenters. The quantitative estimate of drug-likeness (QED) is 0.779. The van der Waals surface area contributed by atoms with Crippen LogP contribution < -0.4 is 4.74 Å². The molecule has 2 aliphatic rings. The molecule has 16 heavy (non-hydrogen) atoms. The van der Waals surface area contributed by atoms with E-state index >= 15 is 0 Å². The summed E-state index contributed by atoms with van der Waals surface area (Å²) in [6.45, 7) is 1.68. The van der Waals surface area contributed by atoms with Crippen LogP contribution in [0.5, 0.6) is 5.75 Å². The van der Waals surface area contributed by atoms with Crippen molar-refractivity contribution in [2.24, 2.45) is 0 Å². The summed E-state index contributed by atoms with van der Waals surface area (Å²) >= 11 is 3.40. The van der Waals surface area contributed by atoms with Gasteiger partial charge in [0.05, 0.1) is 19.3 Å². The minimum Gasteiger partial charge on any atom is -0.488 e. The Labute approximate surface area is 103 Å². The van der Waals surface area contributed by atoms with E-state index in [1.165, 1.54) is 0 Å². The van der Waals surface area contributed by atoms with Crippen molar-refractivity contribution in [2.75, 3.05) is 13.2 Å². The van der Waals surface area contributed by atoms with Gasteiger partial charge in [-0.1, -0.05) is 15.9 Å². The first kappa shape index (κ1) is 10.6. The van der Waals surface area contributed by atoms with E-state index in [1.54, 1.807) is 0 Å². The van der Waals surface area contributed by atoms with Gasteiger partial charge in [0, 0.05) is 10.9 Å². The maximum Gasteiger partial charge on any atom is 0.130 e. The van der Waals surface area contributed by atoms with Crippen LogP contribution in [0.2, 0.25) is 0 Å². The molecule has 3 nitrogen and oxygen atoms in total. The molecule has 0 spiro atoms. The molecular weight excluding hydrogens is 272 g/mol. The summed E-state index contributed by atoms with van der Waals surface area (Å²) in [7, 11) is 0. The van der Waals surface area contributed by atoms with Gasteiger partial charge in [0.2, 0.25) is 0 Å². The molecule has 86 valence electrons. The van der Waals surface area contributed by atoms with Crippen molar-refractivity contribution in [1.29, 1.82) is 0 Å². The Hall–Kier alpha value is -0.580. The van der Waals surface area contributed by atoms with Crippen molar-refractivity contribution >= 4 is 15.9 Å². The third-order valence-corrected chi connectivity index (χ3v) is 3.30. The van der Waals surface area contributed by atoms with Gasteiger partial charge >= 0.3 is 0 Å². The highest BCUT2D eigenvalue weighted by Gasteiger charge is 2.39. The lowest BCUT2D eigenvalue weighted by atomic mass is 10.1. The van der Waals surface area contributed by atoms with E-state index in [9.17, 15) is 0 Å². The second-order valence-corrected chi connectivity index (χ2v) is 5.09. The van der Waals surface area contributed by atoms with Crippen molar-refractivity contribution in [3.8, 4) is 5.75 Å². The third-order valence-electron chi connectivity index (χ3n) is 2.77. The Balaban J connectivity index is 1.63. The number of hydrogen-bond donors (Lipinski definition) is 0. The highest BCUT2D eigenvalue weighted by Crippen LogP contribution is 2.28. The summed E-state index contributed by atoms with van der Waals surface area (Å²) in [5.41, 5.74) is 0. The molecule has 3 rings (SSSR count). The molecule has 0 amide bonds. The number of hydrogen-bond acceptors (Lipinski definition) is 3. The maximum atomic E-state index is 5.92. The molecule has 3 atom stereocenters. The first-order valence-electron chi connectivity index (χ1n) is 5.47. The van der Waals surface area contributed by atoms with Crippen molar-refractivity contribution < 1.29 is 14.2 Å². The molecule has 2 fully saturated rings. The zero-order valence-corrected chi connectivity index (χ0v) is 10.4. The summed E-state index contributed by atoms with van der Waals surface area (Å²) < 4.78 is 17.5. The summed E-state index contributed by atoms with van der Waals surface area (Å²) in [4.78, 5) is 0. The van der Waals surface area contributed by atoms with Crippen LogP contribution in [0, 0.1) is 0 Å². The molecule has 2 aliphatic heterocycles. The second-order valence-electron chi connectivity index (χ2n) is 4.17. The number of benzene rings is 1. The van der Waals surface area contributed by atoms with Crippen LogP contribution in [0.4, 0.5) is 0 Å². The number of rotatable bonds is 5. The van der Waals surface area contributed by atoms with E-state index < -0.39 is 0 Å². The van der Waals surface area contributed by atoms with Gasteiger partial charge in [-0.15, -0.1) is 0 Å². The van der Waals surface area contributed by atoms with Crippen LogP contribution in [0.3, 0.4) is 0 Å². The molecule has 2 heterocycles. The lowest BCUT2D eigenvalue weighted by Gasteiger charge is -2.16. The Morgan fingerprint density at radius 1 is 1.25 bits per heavy atom. The molecule has 0 aliphatic carbocycles. The Kier molecular flexibility index (Phi) is 2.88. The van der Waals surface area contributed by atoms with Crippen molar-refractivity contribution in [3.05, 3.63) is 28.7 Å². The van der Waals surface area contributed by atoms with Crippen molar-refractivity contribution in [3.63, 3.8) is 0 Å². The largest absolute Gasteiger partial charge is 0.488 e. The van der Waals surface area contributed by atoms with Crippen LogP contribution in [-0.4, -0.2) is 31.5 Å². The van der Waals surface area contributed by atoms with Crippen LogP contribution in [-0.2, 0) is 9.47 Å². The standard InChI is InChI=1S/C12H13BrO3/c13-8-1-3-9(4-2-8)16-11(12-7-15-12)5-10-6-14-10/h1-4,10-12H,5-7H2. The molecule has 0 N–H and O–H groups in total. The topological polar surface area (TPSA) is 34.3 Å². The fraction of sp³-hybridized carbons (Fsp3) is 0.500. The normalized spacial score (nSPS) is 28.6. The van der Waals surface area contributed by atoms with E-state index in [4.69, 9.17) is 14.2 Å². The fourth-order valence-electron chi connectivity index (χ4n) is 1.70. The summed E-state index contributed by atoms with van der Waals surface area (Å²) in [5, 5.41) is 0. The van der Waals surface area contributed by atoms with Gasteiger partial charge in [-0.05, 0) is 24.3 Å². The molecule has 0 radical (unpaired) electrons. The Morgan fingerprint density at radius 2 is 1.94 bits per heavy atom. The summed E-state index contributed by atoms with van der Waals surface area (Å²) in [6.07, 6.45) is 1.70. The van der Waals surface area contributed by atoms with Gasteiger partial charge in [0.1, 0.15) is 18.0 Å². The molecule has 1 aromatic rings. The maximum absolute atomic E-state index is 5.92. The Morgan fingerprint density at radius 3 is 2.50 bits per heavy atom. The van der Waals surface area contributed by atoms with Gasteiger partial charge in [-0.2, -0.15) is 0 Å². The van der Waals surface area contributed by atoms with E-state index in [0.717, 1.165) is 29.9 Å². The molecule has 0 aromatic heterocycles. The molecular formula is C12H13BrO3. The lowest BCUT2D eigenvalue weighted by molar-refractivity contribution is 0.139. The highest BCUT2D eigenvalue weighted by molar-refractivity contribution is 9.10. The second kappa shape index (κ2) is 4.35. The number of epoxide rings is 2. The first-order chi connectivity index (χ1) is 7.81. The van der Waals surface area contributed by atoms with E-state index in [0.29, 0.717) is 6.10 Å². The van der Waals surface area contributed by atoms with E-state index in [1.807, 2.05) is 24.3 Å². The molecule has 0 saturated carbocycles. The monoisotopic (exact) mass is 284 g/mol. The lowest BCUT2D eigenvalue weighted by Crippen LogP contribution is -2.25. The zero-order valence-electron chi connectivity index (χ0n) is 8.77. The van der Waals surface area contributed by atoms with E-state index in [-0.39, 0.29) is 12.2 Å². The van der Waals surface area contributed by atoms with Gasteiger partial charge in [0.15, 0.2) is 0 Å². The average molecular weight is 285 g/mol. The SMILES string of the molecule is Brc1ccc(OC(CC2CO2)C2CO2)cc1. The predicted octanol–water partition coefficient (Wildman–Crippen LogP) is 2.38. The summed E-state index contributed by atoms with van der Waals surface area (Å²) in [6, 6.07) is 7.89. The molecule has 1 aromatic carbocycles. The third kappa shape index (κ3) is 2.75. The molecule has 2 saturated heterocycles. The number of halogens is 1. The Bertz CT molecular complexity index is 357. The predicted molar refractivity (Wildman–Crippen MR) is 62.7 cm³/mol.